The predicted molar refractivity (Wildman–Crippen MR) is 139 cm³/mol. The maximum atomic E-state index is 13.5. The molecule has 1 amide bonds. The number of nitrogen functional groups attached to an aromatic ring is 1. The van der Waals surface area contributed by atoms with Crippen LogP contribution < -0.4 is 11.1 Å². The number of benzene rings is 1. The van der Waals surface area contributed by atoms with Crippen LogP contribution in [-0.2, 0) is 30.7 Å². The highest BCUT2D eigenvalue weighted by molar-refractivity contribution is 7.89. The molecule has 4 rings (SSSR count). The van der Waals surface area contributed by atoms with Crippen molar-refractivity contribution in [3.63, 3.8) is 0 Å². The van der Waals surface area contributed by atoms with Crippen LogP contribution in [0, 0.1) is 11.8 Å². The second kappa shape index (κ2) is 12.4. The minimum absolute atomic E-state index is 0.0274. The predicted octanol–water partition coefficient (Wildman–Crippen LogP) is 1.77. The van der Waals surface area contributed by atoms with Crippen molar-refractivity contribution in [3.8, 4) is 0 Å². The number of ether oxygens (including phenoxy) is 3. The Balaban J connectivity index is 1.51. The van der Waals surface area contributed by atoms with Crippen molar-refractivity contribution in [1.82, 2.24) is 14.6 Å². The van der Waals surface area contributed by atoms with E-state index in [1.54, 1.807) is 0 Å². The Labute approximate surface area is 223 Å². The second-order valence-corrected chi connectivity index (χ2v) is 12.1. The molecule has 3 heterocycles. The zero-order valence-corrected chi connectivity index (χ0v) is 22.4. The molecule has 0 radical (unpaired) electrons. The Morgan fingerprint density at radius 3 is 2.71 bits per heavy atom. The molecule has 11 nitrogen and oxygen atoms in total. The van der Waals surface area contributed by atoms with Crippen LogP contribution in [0.4, 0.5) is 10.5 Å². The van der Waals surface area contributed by atoms with Gasteiger partial charge in [0, 0.05) is 25.5 Å². The topological polar surface area (TPSA) is 153 Å². The lowest BCUT2D eigenvalue weighted by atomic mass is 10.0. The Morgan fingerprint density at radius 1 is 1.24 bits per heavy atom. The molecule has 2 unspecified atom stereocenters. The van der Waals surface area contributed by atoms with Crippen molar-refractivity contribution < 1.29 is 32.5 Å². The minimum atomic E-state index is -4.02. The number of nitrogens with two attached hydrogens (primary N) is 1. The van der Waals surface area contributed by atoms with E-state index in [2.05, 4.69) is 10.3 Å². The lowest BCUT2D eigenvalue weighted by Gasteiger charge is -2.31. The van der Waals surface area contributed by atoms with Gasteiger partial charge in [-0.1, -0.05) is 44.2 Å². The number of aliphatic hydroxyl groups is 1. The normalized spacial score (nSPS) is 22.8. The van der Waals surface area contributed by atoms with Gasteiger partial charge in [0.15, 0.2) is 6.29 Å². The van der Waals surface area contributed by atoms with Crippen LogP contribution in [-0.4, -0.2) is 79.7 Å². The molecular weight excluding hydrogens is 512 g/mol. The number of rotatable bonds is 11. The lowest BCUT2D eigenvalue weighted by molar-refractivity contribution is -0.0907. The summed E-state index contributed by atoms with van der Waals surface area (Å²) in [6.07, 6.45) is 0.827. The first-order valence-electron chi connectivity index (χ1n) is 12.8. The first-order valence-corrected chi connectivity index (χ1v) is 14.2. The number of carbonyl (C=O) groups excluding carboxylic acids is 1. The van der Waals surface area contributed by atoms with Crippen LogP contribution in [0.25, 0.3) is 0 Å². The monoisotopic (exact) mass is 548 g/mol. The summed E-state index contributed by atoms with van der Waals surface area (Å²) in [4.78, 5) is 16.8. The van der Waals surface area contributed by atoms with Gasteiger partial charge in [-0.05, 0) is 30.4 Å². The van der Waals surface area contributed by atoms with E-state index >= 15 is 0 Å². The van der Waals surface area contributed by atoms with E-state index < -0.39 is 34.4 Å². The molecular formula is C26H36N4O7S. The number of nitrogens with zero attached hydrogens (tertiary/aromatic N) is 2. The van der Waals surface area contributed by atoms with Crippen LogP contribution in [0.15, 0.2) is 53.7 Å². The smallest absolute Gasteiger partial charge is 0.407 e. The van der Waals surface area contributed by atoms with Gasteiger partial charge in [-0.2, -0.15) is 4.31 Å². The maximum absolute atomic E-state index is 13.5. The van der Waals surface area contributed by atoms with Gasteiger partial charge in [-0.3, -0.25) is 4.98 Å². The van der Waals surface area contributed by atoms with E-state index in [9.17, 15) is 18.3 Å². The molecule has 1 aromatic carbocycles. The SMILES string of the molecule is CC(C)CN(C[C@@H](O)[C@H](Cc1ccccc1)NC(=O)OC1CO[C@H]2OCCC12)S(=O)(=O)c1cncc(N)c1. The van der Waals surface area contributed by atoms with E-state index in [0.29, 0.717) is 6.61 Å². The molecule has 38 heavy (non-hydrogen) atoms. The number of amides is 1. The summed E-state index contributed by atoms with van der Waals surface area (Å²) in [5.41, 5.74) is 6.85. The second-order valence-electron chi connectivity index (χ2n) is 10.1. The molecule has 2 aromatic rings. The van der Waals surface area contributed by atoms with Crippen LogP contribution >= 0.6 is 0 Å². The first-order chi connectivity index (χ1) is 18.1. The van der Waals surface area contributed by atoms with Crippen LogP contribution in [0.5, 0.6) is 0 Å². The number of hydrogen-bond acceptors (Lipinski definition) is 9. The Bertz CT molecular complexity index is 1180. The molecule has 0 spiro atoms. The number of hydrogen-bond donors (Lipinski definition) is 3. The standard InChI is InChI=1S/C26H36N4O7S/c1-17(2)14-30(38(33,34)20-11-19(27)12-28-13-20)15-23(31)22(10-18-6-4-3-5-7-18)29-26(32)37-24-16-36-25-21(24)8-9-35-25/h3-7,11-13,17,21-25,31H,8-10,14-16,27H2,1-2H3,(H,29,32)/t21?,22-,23+,24?,25+/m0/s1. The van der Waals surface area contributed by atoms with Crippen molar-refractivity contribution in [2.75, 3.05) is 32.0 Å². The summed E-state index contributed by atoms with van der Waals surface area (Å²) < 4.78 is 44.8. The number of pyridine rings is 1. The third kappa shape index (κ3) is 7.00. The van der Waals surface area contributed by atoms with Gasteiger partial charge in [-0.25, -0.2) is 13.2 Å². The minimum Gasteiger partial charge on any atom is -0.443 e. The van der Waals surface area contributed by atoms with Gasteiger partial charge < -0.3 is 30.4 Å². The fraction of sp³-hybridized carbons (Fsp3) is 0.538. The molecule has 12 heteroatoms. The molecule has 2 aliphatic rings. The fourth-order valence-corrected chi connectivity index (χ4v) is 6.38. The van der Waals surface area contributed by atoms with Crippen molar-refractivity contribution in [1.29, 1.82) is 0 Å². The van der Waals surface area contributed by atoms with E-state index in [1.165, 1.54) is 22.8 Å². The van der Waals surface area contributed by atoms with Crippen molar-refractivity contribution in [3.05, 3.63) is 54.4 Å². The van der Waals surface area contributed by atoms with Gasteiger partial charge in [0.25, 0.3) is 0 Å². The third-order valence-electron chi connectivity index (χ3n) is 6.64. The highest BCUT2D eigenvalue weighted by Crippen LogP contribution is 2.33. The number of fused-ring (bicyclic) bond motifs is 1. The summed E-state index contributed by atoms with van der Waals surface area (Å²) in [6.45, 7) is 4.45. The fourth-order valence-electron chi connectivity index (χ4n) is 4.76. The zero-order valence-electron chi connectivity index (χ0n) is 21.6. The van der Waals surface area contributed by atoms with Crippen molar-refractivity contribution >= 4 is 21.8 Å². The number of aromatic nitrogens is 1. The van der Waals surface area contributed by atoms with Crippen LogP contribution in [0.3, 0.4) is 0 Å². The largest absolute Gasteiger partial charge is 0.443 e. The van der Waals surface area contributed by atoms with E-state index in [1.807, 2.05) is 44.2 Å². The molecule has 2 fully saturated rings. The lowest BCUT2D eigenvalue weighted by Crippen LogP contribution is -2.51. The van der Waals surface area contributed by atoms with E-state index in [-0.39, 0.29) is 54.8 Å². The summed E-state index contributed by atoms with van der Waals surface area (Å²) >= 11 is 0. The Morgan fingerprint density at radius 2 is 2.00 bits per heavy atom. The van der Waals surface area contributed by atoms with Crippen LogP contribution in [0.2, 0.25) is 0 Å². The van der Waals surface area contributed by atoms with Gasteiger partial charge >= 0.3 is 6.09 Å². The molecule has 0 bridgehead atoms. The van der Waals surface area contributed by atoms with Crippen molar-refractivity contribution in [2.24, 2.45) is 11.8 Å². The quantitative estimate of drug-likeness (QED) is 0.381. The molecule has 1 aromatic heterocycles. The molecule has 2 saturated heterocycles. The number of carbonyl (C=O) groups is 1. The number of sulfonamides is 1. The maximum Gasteiger partial charge on any atom is 0.407 e. The van der Waals surface area contributed by atoms with E-state index in [4.69, 9.17) is 19.9 Å². The average Bonchev–Trinajstić information content (AvgIpc) is 3.49. The van der Waals surface area contributed by atoms with Gasteiger partial charge in [-0.15, -0.1) is 0 Å². The number of aliphatic hydroxyl groups excluding tert-OH is 1. The molecule has 2 aliphatic heterocycles. The van der Waals surface area contributed by atoms with Gasteiger partial charge in [0.1, 0.15) is 11.0 Å². The van der Waals surface area contributed by atoms with Gasteiger partial charge in [0.05, 0.1) is 37.0 Å². The first kappa shape index (κ1) is 28.2. The molecule has 0 saturated carbocycles. The highest BCUT2D eigenvalue weighted by Gasteiger charge is 2.44. The number of nitrogens with one attached hydrogen (secondary N) is 1. The van der Waals surface area contributed by atoms with Crippen molar-refractivity contribution in [2.45, 2.75) is 56.1 Å². The zero-order chi connectivity index (χ0) is 27.3. The summed E-state index contributed by atoms with van der Waals surface area (Å²) in [6, 6.07) is 9.84. The Hall–Kier alpha value is -2.77. The van der Waals surface area contributed by atoms with E-state index in [0.717, 1.165) is 12.0 Å². The molecule has 5 atom stereocenters. The average molecular weight is 549 g/mol. The third-order valence-corrected chi connectivity index (χ3v) is 8.44. The molecule has 4 N–H and O–H groups in total. The summed E-state index contributed by atoms with van der Waals surface area (Å²) in [7, 11) is -4.02. The molecule has 208 valence electrons. The summed E-state index contributed by atoms with van der Waals surface area (Å²) in [5, 5.41) is 14.1. The Kier molecular flexibility index (Phi) is 9.21. The highest BCUT2D eigenvalue weighted by atomic mass is 32.2. The van der Waals surface area contributed by atoms with Gasteiger partial charge in [0.2, 0.25) is 10.0 Å². The molecule has 0 aliphatic carbocycles. The number of anilines is 1. The number of alkyl carbamates (subject to hydrolysis) is 1. The summed E-state index contributed by atoms with van der Waals surface area (Å²) in [5.74, 6) is -0.0581. The van der Waals surface area contributed by atoms with Crippen LogP contribution in [0.1, 0.15) is 25.8 Å².